The molecule has 0 atom stereocenters. The summed E-state index contributed by atoms with van der Waals surface area (Å²) in [6, 6.07) is 3.03. The lowest BCUT2D eigenvalue weighted by Crippen LogP contribution is -2.08. The van der Waals surface area contributed by atoms with Crippen molar-refractivity contribution in [1.82, 2.24) is 0 Å². The lowest BCUT2D eigenvalue weighted by atomic mass is 10.2. The van der Waals surface area contributed by atoms with Gasteiger partial charge in [0.2, 0.25) is 5.75 Å². The van der Waals surface area contributed by atoms with Crippen LogP contribution in [0, 0.1) is 0 Å². The van der Waals surface area contributed by atoms with Crippen LogP contribution in [0.1, 0.15) is 36.5 Å². The first-order valence-electron chi connectivity index (χ1n) is 6.81. The molecule has 0 aliphatic heterocycles. The fourth-order valence-electron chi connectivity index (χ4n) is 1.75. The Morgan fingerprint density at radius 3 is 2.10 bits per heavy atom. The predicted molar refractivity (Wildman–Crippen MR) is 77.0 cm³/mol. The third kappa shape index (κ3) is 4.82. The van der Waals surface area contributed by atoms with E-state index >= 15 is 0 Å². The molecular formula is C15H22O6. The predicted octanol–water partition coefficient (Wildman–Crippen LogP) is 2.99. The monoisotopic (exact) mass is 298 g/mol. The normalized spacial score (nSPS) is 10.1. The zero-order chi connectivity index (χ0) is 15.7. The number of carbonyl (C=O) groups is 1. The summed E-state index contributed by atoms with van der Waals surface area (Å²) in [6.07, 6.45) is 2.95. The minimum Gasteiger partial charge on any atom is -0.493 e. The smallest absolute Gasteiger partial charge is 0.373 e. The molecule has 6 nitrogen and oxygen atoms in total. The van der Waals surface area contributed by atoms with Gasteiger partial charge in [-0.05, 0) is 18.6 Å². The van der Waals surface area contributed by atoms with Crippen molar-refractivity contribution in [1.29, 1.82) is 0 Å². The maximum absolute atomic E-state index is 11.9. The summed E-state index contributed by atoms with van der Waals surface area (Å²) >= 11 is 0. The highest BCUT2D eigenvalue weighted by molar-refractivity contribution is 5.90. The molecule has 1 aromatic carbocycles. The fraction of sp³-hybridized carbons (Fsp3) is 0.533. The molecule has 0 unspecified atom stereocenters. The van der Waals surface area contributed by atoms with Crippen LogP contribution in [0.15, 0.2) is 12.1 Å². The van der Waals surface area contributed by atoms with Gasteiger partial charge >= 0.3 is 5.97 Å². The molecule has 1 rings (SSSR count). The van der Waals surface area contributed by atoms with Crippen molar-refractivity contribution in [3.8, 4) is 17.2 Å². The molecule has 6 heteroatoms. The van der Waals surface area contributed by atoms with E-state index in [0.29, 0.717) is 23.9 Å². The van der Waals surface area contributed by atoms with Gasteiger partial charge in [-0.15, -0.1) is 0 Å². The molecule has 21 heavy (non-hydrogen) atoms. The van der Waals surface area contributed by atoms with Gasteiger partial charge < -0.3 is 14.2 Å². The highest BCUT2D eigenvalue weighted by Gasteiger charge is 2.18. The second kappa shape index (κ2) is 9.07. The molecule has 0 saturated carbocycles. The molecule has 0 bridgehead atoms. The maximum Gasteiger partial charge on any atom is 0.373 e. The molecule has 0 amide bonds. The number of unbranched alkanes of at least 4 members (excludes halogenated alkanes) is 2. The van der Waals surface area contributed by atoms with Crippen LogP contribution in [-0.4, -0.2) is 33.9 Å². The van der Waals surface area contributed by atoms with Crippen molar-refractivity contribution in [3.05, 3.63) is 17.7 Å². The number of carbonyl (C=O) groups excluding carboxylic acids is 1. The quantitative estimate of drug-likeness (QED) is 0.397. The highest BCUT2D eigenvalue weighted by Crippen LogP contribution is 2.38. The Labute approximate surface area is 124 Å². The number of ether oxygens (including phenoxy) is 3. The van der Waals surface area contributed by atoms with E-state index in [2.05, 4.69) is 6.92 Å². The average molecular weight is 298 g/mol. The summed E-state index contributed by atoms with van der Waals surface area (Å²) in [7, 11) is 4.45. The van der Waals surface area contributed by atoms with Gasteiger partial charge in [-0.25, -0.2) is 4.79 Å². The number of benzene rings is 1. The van der Waals surface area contributed by atoms with Crippen LogP contribution >= 0.6 is 0 Å². The zero-order valence-corrected chi connectivity index (χ0v) is 12.9. The van der Waals surface area contributed by atoms with Crippen molar-refractivity contribution in [2.24, 2.45) is 0 Å². The van der Waals surface area contributed by atoms with Crippen LogP contribution in [0.5, 0.6) is 17.2 Å². The lowest BCUT2D eigenvalue weighted by molar-refractivity contribution is -0.241. The van der Waals surface area contributed by atoms with Crippen LogP contribution in [0.2, 0.25) is 0 Å². The van der Waals surface area contributed by atoms with Crippen LogP contribution in [0.4, 0.5) is 0 Å². The molecule has 118 valence electrons. The summed E-state index contributed by atoms with van der Waals surface area (Å²) < 4.78 is 15.5. The van der Waals surface area contributed by atoms with Crippen molar-refractivity contribution in [3.63, 3.8) is 0 Å². The van der Waals surface area contributed by atoms with E-state index in [0.717, 1.165) is 19.3 Å². The molecule has 0 heterocycles. The second-order valence-electron chi connectivity index (χ2n) is 4.31. The third-order valence-electron chi connectivity index (χ3n) is 2.87. The Bertz CT molecular complexity index is 432. The van der Waals surface area contributed by atoms with Gasteiger partial charge in [-0.3, -0.25) is 4.89 Å². The average Bonchev–Trinajstić information content (AvgIpc) is 2.52. The molecule has 0 saturated heterocycles. The van der Waals surface area contributed by atoms with E-state index in [4.69, 9.17) is 24.0 Å². The summed E-state index contributed by atoms with van der Waals surface area (Å²) in [4.78, 5) is 21.6. The molecular weight excluding hydrogens is 276 g/mol. The first kappa shape index (κ1) is 17.1. The Kier molecular flexibility index (Phi) is 7.39. The van der Waals surface area contributed by atoms with Gasteiger partial charge in [0, 0.05) is 0 Å². The van der Waals surface area contributed by atoms with Gasteiger partial charge in [0.25, 0.3) is 0 Å². The Hall–Kier alpha value is -1.95. The largest absolute Gasteiger partial charge is 0.493 e. The van der Waals surface area contributed by atoms with Gasteiger partial charge in [0.15, 0.2) is 11.5 Å². The first-order chi connectivity index (χ1) is 10.2. The minimum absolute atomic E-state index is 0.264. The van der Waals surface area contributed by atoms with E-state index in [9.17, 15) is 4.79 Å². The highest BCUT2D eigenvalue weighted by atomic mass is 17.2. The molecule has 1 aromatic rings. The van der Waals surface area contributed by atoms with Gasteiger partial charge in [0.1, 0.15) is 0 Å². The fourth-order valence-corrected chi connectivity index (χ4v) is 1.75. The number of hydrogen-bond acceptors (Lipinski definition) is 6. The number of hydrogen-bond donors (Lipinski definition) is 0. The van der Waals surface area contributed by atoms with Gasteiger partial charge in [-0.1, -0.05) is 19.8 Å². The van der Waals surface area contributed by atoms with E-state index in [1.165, 1.54) is 33.5 Å². The summed E-state index contributed by atoms with van der Waals surface area (Å²) in [5.41, 5.74) is 0.264. The van der Waals surface area contributed by atoms with Crippen LogP contribution in [-0.2, 0) is 9.78 Å². The standard InChI is InChI=1S/C15H22O6/c1-5-6-7-8-20-21-15(16)11-9-12(17-2)14(19-4)13(10-11)18-3/h9-10H,5-8H2,1-4H3. The molecule has 0 radical (unpaired) electrons. The SMILES string of the molecule is CCCCCOOC(=O)c1cc(OC)c(OC)c(OC)c1. The molecule has 0 aromatic heterocycles. The van der Waals surface area contributed by atoms with E-state index in [1.807, 2.05) is 0 Å². The first-order valence-corrected chi connectivity index (χ1v) is 6.81. The molecule has 0 aliphatic rings. The van der Waals surface area contributed by atoms with Crippen molar-refractivity contribution < 1.29 is 28.8 Å². The Morgan fingerprint density at radius 2 is 1.62 bits per heavy atom. The second-order valence-corrected chi connectivity index (χ2v) is 4.31. The molecule has 0 spiro atoms. The van der Waals surface area contributed by atoms with E-state index in [-0.39, 0.29) is 5.56 Å². The minimum atomic E-state index is -0.606. The maximum atomic E-state index is 11.9. The Balaban J connectivity index is 2.75. The van der Waals surface area contributed by atoms with Crippen molar-refractivity contribution >= 4 is 5.97 Å². The van der Waals surface area contributed by atoms with Crippen molar-refractivity contribution in [2.45, 2.75) is 26.2 Å². The van der Waals surface area contributed by atoms with Crippen LogP contribution in [0.25, 0.3) is 0 Å². The van der Waals surface area contributed by atoms with Crippen molar-refractivity contribution in [2.75, 3.05) is 27.9 Å². The summed E-state index contributed by atoms with van der Waals surface area (Å²) in [5, 5.41) is 0. The van der Waals surface area contributed by atoms with Gasteiger partial charge in [-0.2, -0.15) is 4.89 Å². The zero-order valence-electron chi connectivity index (χ0n) is 12.9. The van der Waals surface area contributed by atoms with Crippen LogP contribution < -0.4 is 14.2 Å². The molecule has 0 N–H and O–H groups in total. The van der Waals surface area contributed by atoms with Gasteiger partial charge in [0.05, 0.1) is 33.5 Å². The molecule has 0 aliphatic carbocycles. The topological polar surface area (TPSA) is 63.2 Å². The van der Waals surface area contributed by atoms with E-state index in [1.54, 1.807) is 0 Å². The lowest BCUT2D eigenvalue weighted by Gasteiger charge is -2.13. The summed E-state index contributed by atoms with van der Waals surface area (Å²) in [6.45, 7) is 2.46. The van der Waals surface area contributed by atoms with Crippen LogP contribution in [0.3, 0.4) is 0 Å². The third-order valence-corrected chi connectivity index (χ3v) is 2.87. The summed E-state index contributed by atoms with van der Waals surface area (Å²) in [5.74, 6) is 0.579. The van der Waals surface area contributed by atoms with E-state index < -0.39 is 5.97 Å². The molecule has 0 fully saturated rings. The number of rotatable bonds is 9. The number of methoxy groups -OCH3 is 3. The Morgan fingerprint density at radius 1 is 1.00 bits per heavy atom.